The fraction of sp³-hybridized carbons (Fsp3) is 0.385. The molecule has 1 saturated carbocycles. The molecule has 1 fully saturated rings. The van der Waals surface area contributed by atoms with Crippen LogP contribution in [0.5, 0.6) is 0 Å². The molecule has 0 bridgehead atoms. The van der Waals surface area contributed by atoms with Crippen LogP contribution in [0.2, 0.25) is 0 Å². The van der Waals surface area contributed by atoms with E-state index in [4.69, 9.17) is 5.11 Å². The summed E-state index contributed by atoms with van der Waals surface area (Å²) in [7, 11) is 0. The van der Waals surface area contributed by atoms with Gasteiger partial charge in [-0.25, -0.2) is 0 Å². The number of fused-ring (bicyclic) bond motifs is 1. The summed E-state index contributed by atoms with van der Waals surface area (Å²) in [5, 5.41) is 8.84. The van der Waals surface area contributed by atoms with Crippen LogP contribution in [0.1, 0.15) is 12.0 Å². The Morgan fingerprint density at radius 2 is 2.00 bits per heavy atom. The van der Waals surface area contributed by atoms with E-state index in [1.165, 1.54) is 5.56 Å². The van der Waals surface area contributed by atoms with Gasteiger partial charge in [-0.1, -0.05) is 18.2 Å². The first kappa shape index (κ1) is 10.3. The van der Waals surface area contributed by atoms with Crippen molar-refractivity contribution in [1.29, 1.82) is 0 Å². The highest BCUT2D eigenvalue weighted by Crippen LogP contribution is 2.42. The van der Waals surface area contributed by atoms with E-state index in [2.05, 4.69) is 0 Å². The van der Waals surface area contributed by atoms with E-state index >= 15 is 0 Å². The smallest absolute Gasteiger partial charge is 0.307 e. The number of carbonyl (C=O) groups excluding carboxylic acids is 1. The number of hydrogen-bond donors (Lipinski definition) is 1. The van der Waals surface area contributed by atoms with Crippen molar-refractivity contribution >= 4 is 17.6 Å². The van der Waals surface area contributed by atoms with E-state index < -0.39 is 11.9 Å². The standard InChI is InChI=1S/C13H13NO3/c15-12(9-7-10(9)13(16)17)14-6-5-8-3-1-2-4-11(8)14/h1-4,9-10H,5-7H2,(H,16,17)/t9-,10+/m0/s1. The maximum absolute atomic E-state index is 12.1. The fourth-order valence-corrected chi connectivity index (χ4v) is 2.51. The van der Waals surface area contributed by atoms with Crippen molar-refractivity contribution in [3.63, 3.8) is 0 Å². The van der Waals surface area contributed by atoms with Crippen molar-refractivity contribution in [2.45, 2.75) is 12.8 Å². The number of para-hydroxylation sites is 1. The van der Waals surface area contributed by atoms with Gasteiger partial charge in [-0.05, 0) is 24.5 Å². The fourth-order valence-electron chi connectivity index (χ4n) is 2.51. The third-order valence-corrected chi connectivity index (χ3v) is 3.58. The first-order valence-corrected chi connectivity index (χ1v) is 5.80. The number of nitrogens with zero attached hydrogens (tertiary/aromatic N) is 1. The predicted molar refractivity (Wildman–Crippen MR) is 61.7 cm³/mol. The Morgan fingerprint density at radius 1 is 1.24 bits per heavy atom. The molecule has 0 unspecified atom stereocenters. The lowest BCUT2D eigenvalue weighted by atomic mass is 10.2. The summed E-state index contributed by atoms with van der Waals surface area (Å²) in [6, 6.07) is 7.82. The molecule has 1 amide bonds. The molecule has 88 valence electrons. The SMILES string of the molecule is O=C(O)[C@@H]1C[C@@H]1C(=O)N1CCc2ccccc21. The van der Waals surface area contributed by atoms with Gasteiger partial charge in [-0.3, -0.25) is 9.59 Å². The summed E-state index contributed by atoms with van der Waals surface area (Å²) in [4.78, 5) is 24.7. The Balaban J connectivity index is 1.79. The van der Waals surface area contributed by atoms with Gasteiger partial charge in [0.1, 0.15) is 0 Å². The number of rotatable bonds is 2. The maximum Gasteiger partial charge on any atom is 0.307 e. The van der Waals surface area contributed by atoms with Gasteiger partial charge in [-0.2, -0.15) is 0 Å². The zero-order valence-electron chi connectivity index (χ0n) is 9.30. The van der Waals surface area contributed by atoms with E-state index in [0.29, 0.717) is 13.0 Å². The lowest BCUT2D eigenvalue weighted by molar-refractivity contribution is -0.140. The summed E-state index contributed by atoms with van der Waals surface area (Å²) in [5.74, 6) is -1.65. The number of hydrogen-bond acceptors (Lipinski definition) is 2. The summed E-state index contributed by atoms with van der Waals surface area (Å²) >= 11 is 0. The number of carboxylic acids is 1. The van der Waals surface area contributed by atoms with Crippen LogP contribution in [0.3, 0.4) is 0 Å². The van der Waals surface area contributed by atoms with Crippen LogP contribution in [-0.2, 0) is 16.0 Å². The summed E-state index contributed by atoms with van der Waals surface area (Å²) in [6.07, 6.45) is 1.36. The third kappa shape index (κ3) is 1.60. The molecule has 4 nitrogen and oxygen atoms in total. The van der Waals surface area contributed by atoms with Crippen LogP contribution in [0.25, 0.3) is 0 Å². The second kappa shape index (κ2) is 3.58. The lowest BCUT2D eigenvalue weighted by Crippen LogP contribution is -2.31. The van der Waals surface area contributed by atoms with Gasteiger partial charge < -0.3 is 10.0 Å². The number of anilines is 1. The average molecular weight is 231 g/mol. The van der Waals surface area contributed by atoms with Crippen molar-refractivity contribution in [3.8, 4) is 0 Å². The number of benzene rings is 1. The monoisotopic (exact) mass is 231 g/mol. The number of aliphatic carboxylic acids is 1. The number of carboxylic acid groups (broad SMARTS) is 1. The van der Waals surface area contributed by atoms with E-state index in [-0.39, 0.29) is 11.8 Å². The lowest BCUT2D eigenvalue weighted by Gasteiger charge is -2.16. The van der Waals surface area contributed by atoms with Crippen LogP contribution >= 0.6 is 0 Å². The van der Waals surface area contributed by atoms with Crippen LogP contribution in [0.4, 0.5) is 5.69 Å². The highest BCUT2D eigenvalue weighted by Gasteiger charge is 2.50. The molecule has 0 spiro atoms. The largest absolute Gasteiger partial charge is 0.481 e. The first-order valence-electron chi connectivity index (χ1n) is 5.80. The van der Waals surface area contributed by atoms with Gasteiger partial charge in [0.05, 0.1) is 11.8 Å². The molecular weight excluding hydrogens is 218 g/mol. The molecule has 2 aliphatic rings. The van der Waals surface area contributed by atoms with Crippen LogP contribution in [0, 0.1) is 11.8 Å². The Kier molecular flexibility index (Phi) is 2.18. The summed E-state index contributed by atoms with van der Waals surface area (Å²) < 4.78 is 0. The van der Waals surface area contributed by atoms with Gasteiger partial charge in [-0.15, -0.1) is 0 Å². The highest BCUT2D eigenvalue weighted by atomic mass is 16.4. The third-order valence-electron chi connectivity index (χ3n) is 3.58. The van der Waals surface area contributed by atoms with Crippen LogP contribution < -0.4 is 4.90 Å². The minimum absolute atomic E-state index is 0.0256. The second-order valence-electron chi connectivity index (χ2n) is 4.66. The number of carbonyl (C=O) groups is 2. The molecule has 2 atom stereocenters. The molecule has 0 saturated heterocycles. The summed E-state index contributed by atoms with van der Waals surface area (Å²) in [6.45, 7) is 0.682. The molecule has 0 radical (unpaired) electrons. The minimum atomic E-state index is -0.851. The topological polar surface area (TPSA) is 57.6 Å². The molecule has 1 aliphatic carbocycles. The number of amides is 1. The normalized spacial score (nSPS) is 25.5. The van der Waals surface area contributed by atoms with Crippen molar-refractivity contribution < 1.29 is 14.7 Å². The zero-order chi connectivity index (χ0) is 12.0. The molecule has 17 heavy (non-hydrogen) atoms. The molecule has 1 aliphatic heterocycles. The molecular formula is C13H13NO3. The molecule has 4 heteroatoms. The average Bonchev–Trinajstić information content (AvgIpc) is 3.02. The van der Waals surface area contributed by atoms with Gasteiger partial charge >= 0.3 is 5.97 Å². The molecule has 1 aromatic rings. The Hall–Kier alpha value is -1.84. The molecule has 0 aromatic heterocycles. The molecule has 3 rings (SSSR count). The second-order valence-corrected chi connectivity index (χ2v) is 4.66. The predicted octanol–water partition coefficient (Wildman–Crippen LogP) is 1.30. The minimum Gasteiger partial charge on any atom is -0.481 e. The Labute approximate surface area is 98.9 Å². The first-order chi connectivity index (χ1) is 8.18. The molecule has 1 N–H and O–H groups in total. The van der Waals surface area contributed by atoms with E-state index in [9.17, 15) is 9.59 Å². The Bertz CT molecular complexity index is 497. The zero-order valence-corrected chi connectivity index (χ0v) is 9.30. The van der Waals surface area contributed by atoms with E-state index in [0.717, 1.165) is 12.1 Å². The van der Waals surface area contributed by atoms with E-state index in [1.54, 1.807) is 4.90 Å². The van der Waals surface area contributed by atoms with Gasteiger partial charge in [0, 0.05) is 12.2 Å². The quantitative estimate of drug-likeness (QED) is 0.834. The molecule has 1 aromatic carbocycles. The van der Waals surface area contributed by atoms with Crippen molar-refractivity contribution in [2.75, 3.05) is 11.4 Å². The molecule has 1 heterocycles. The van der Waals surface area contributed by atoms with Gasteiger partial charge in [0.25, 0.3) is 0 Å². The van der Waals surface area contributed by atoms with Gasteiger partial charge in [0.2, 0.25) is 5.91 Å². The summed E-state index contributed by atoms with van der Waals surface area (Å²) in [5.41, 5.74) is 2.13. The van der Waals surface area contributed by atoms with Crippen LogP contribution in [0.15, 0.2) is 24.3 Å². The highest BCUT2D eigenvalue weighted by molar-refractivity contribution is 6.01. The van der Waals surface area contributed by atoms with Crippen LogP contribution in [-0.4, -0.2) is 23.5 Å². The Morgan fingerprint density at radius 3 is 2.71 bits per heavy atom. The van der Waals surface area contributed by atoms with Crippen molar-refractivity contribution in [1.82, 2.24) is 0 Å². The maximum atomic E-state index is 12.1. The van der Waals surface area contributed by atoms with Gasteiger partial charge in [0.15, 0.2) is 0 Å². The van der Waals surface area contributed by atoms with Crippen molar-refractivity contribution in [3.05, 3.63) is 29.8 Å². The van der Waals surface area contributed by atoms with Crippen molar-refractivity contribution in [2.24, 2.45) is 11.8 Å². The van der Waals surface area contributed by atoms with E-state index in [1.807, 2.05) is 24.3 Å².